The average Bonchev–Trinajstić information content (AvgIpc) is 2.71. The van der Waals surface area contributed by atoms with Gasteiger partial charge in [-0.25, -0.2) is 4.98 Å². The van der Waals surface area contributed by atoms with Gasteiger partial charge in [-0.3, -0.25) is 0 Å². The SMILES string of the molecule is CCCn1c(CC)nc(-c2ccc(C)c(Cl)c2)c1N. The van der Waals surface area contributed by atoms with Crippen LogP contribution in [0.5, 0.6) is 0 Å². The van der Waals surface area contributed by atoms with Gasteiger partial charge in [0.2, 0.25) is 0 Å². The number of benzene rings is 1. The molecular formula is C15H20ClN3. The monoisotopic (exact) mass is 277 g/mol. The van der Waals surface area contributed by atoms with Gasteiger partial charge in [-0.1, -0.05) is 37.6 Å². The molecule has 0 spiro atoms. The molecule has 0 amide bonds. The van der Waals surface area contributed by atoms with Crippen molar-refractivity contribution in [3.63, 3.8) is 0 Å². The van der Waals surface area contributed by atoms with E-state index in [9.17, 15) is 0 Å². The molecule has 19 heavy (non-hydrogen) atoms. The van der Waals surface area contributed by atoms with Crippen LogP contribution in [0.2, 0.25) is 5.02 Å². The molecule has 2 rings (SSSR count). The number of nitrogen functional groups attached to an aromatic ring is 1. The summed E-state index contributed by atoms with van der Waals surface area (Å²) in [6.45, 7) is 7.13. The van der Waals surface area contributed by atoms with Gasteiger partial charge in [-0.15, -0.1) is 0 Å². The molecule has 3 nitrogen and oxygen atoms in total. The Bertz CT molecular complexity index is 587. The molecule has 102 valence electrons. The van der Waals surface area contributed by atoms with Crippen molar-refractivity contribution >= 4 is 17.4 Å². The fraction of sp³-hybridized carbons (Fsp3) is 0.400. The first-order valence-corrected chi connectivity index (χ1v) is 7.07. The molecule has 0 bridgehead atoms. The number of aryl methyl sites for hydroxylation is 2. The maximum atomic E-state index is 6.24. The number of anilines is 1. The largest absolute Gasteiger partial charge is 0.383 e. The number of hydrogen-bond acceptors (Lipinski definition) is 2. The molecule has 0 aliphatic heterocycles. The summed E-state index contributed by atoms with van der Waals surface area (Å²) in [6.07, 6.45) is 1.92. The van der Waals surface area contributed by atoms with Crippen LogP contribution < -0.4 is 5.73 Å². The van der Waals surface area contributed by atoms with E-state index in [1.807, 2.05) is 25.1 Å². The maximum Gasteiger partial charge on any atom is 0.131 e. The van der Waals surface area contributed by atoms with Gasteiger partial charge in [0.1, 0.15) is 17.3 Å². The summed E-state index contributed by atoms with van der Waals surface area (Å²) in [5, 5.41) is 0.750. The van der Waals surface area contributed by atoms with E-state index in [-0.39, 0.29) is 0 Å². The van der Waals surface area contributed by atoms with E-state index in [1.54, 1.807) is 0 Å². The number of nitrogens with two attached hydrogens (primary N) is 1. The van der Waals surface area contributed by atoms with Crippen LogP contribution in [0.1, 0.15) is 31.7 Å². The van der Waals surface area contributed by atoms with Gasteiger partial charge in [-0.05, 0) is 25.0 Å². The van der Waals surface area contributed by atoms with Crippen LogP contribution in [0.25, 0.3) is 11.3 Å². The van der Waals surface area contributed by atoms with Crippen molar-refractivity contribution in [1.82, 2.24) is 9.55 Å². The number of nitrogens with zero attached hydrogens (tertiary/aromatic N) is 2. The molecule has 1 aromatic carbocycles. The number of aromatic nitrogens is 2. The summed E-state index contributed by atoms with van der Waals surface area (Å²) in [5.41, 5.74) is 9.13. The molecule has 0 radical (unpaired) electrons. The second-order valence-electron chi connectivity index (χ2n) is 4.73. The predicted molar refractivity (Wildman–Crippen MR) is 81.5 cm³/mol. The Labute approximate surface area is 119 Å². The van der Waals surface area contributed by atoms with Crippen molar-refractivity contribution in [2.24, 2.45) is 0 Å². The molecule has 0 atom stereocenters. The van der Waals surface area contributed by atoms with Gasteiger partial charge in [0.15, 0.2) is 0 Å². The lowest BCUT2D eigenvalue weighted by Crippen LogP contribution is -2.06. The van der Waals surface area contributed by atoms with Crippen molar-refractivity contribution in [1.29, 1.82) is 0 Å². The first kappa shape index (κ1) is 13.9. The van der Waals surface area contributed by atoms with E-state index in [0.29, 0.717) is 0 Å². The van der Waals surface area contributed by atoms with Crippen molar-refractivity contribution in [3.8, 4) is 11.3 Å². The van der Waals surface area contributed by atoms with Gasteiger partial charge in [0.25, 0.3) is 0 Å². The van der Waals surface area contributed by atoms with E-state index in [0.717, 1.165) is 52.9 Å². The van der Waals surface area contributed by atoms with Gasteiger partial charge < -0.3 is 10.3 Å². The summed E-state index contributed by atoms with van der Waals surface area (Å²) in [5.74, 6) is 1.77. The Kier molecular flexibility index (Phi) is 4.15. The first-order chi connectivity index (χ1) is 9.08. The predicted octanol–water partition coefficient (Wildman–Crippen LogP) is 4.07. The van der Waals surface area contributed by atoms with Crippen LogP contribution in [0.3, 0.4) is 0 Å². The Morgan fingerprint density at radius 1 is 1.32 bits per heavy atom. The molecule has 0 unspecified atom stereocenters. The van der Waals surface area contributed by atoms with Crippen LogP contribution in [-0.4, -0.2) is 9.55 Å². The average molecular weight is 278 g/mol. The standard InChI is InChI=1S/C15H20ClN3/c1-4-8-19-13(5-2)18-14(15(19)17)11-7-6-10(3)12(16)9-11/h6-7,9H,4-5,8,17H2,1-3H3. The minimum atomic E-state index is 0.735. The maximum absolute atomic E-state index is 6.24. The normalized spacial score (nSPS) is 10.9. The van der Waals surface area contributed by atoms with Crippen LogP contribution in [-0.2, 0) is 13.0 Å². The Balaban J connectivity index is 2.52. The van der Waals surface area contributed by atoms with Gasteiger partial charge in [-0.2, -0.15) is 0 Å². The summed E-state index contributed by atoms with van der Waals surface area (Å²) in [7, 11) is 0. The highest BCUT2D eigenvalue weighted by molar-refractivity contribution is 6.31. The molecule has 2 N–H and O–H groups in total. The molecule has 0 saturated carbocycles. The lowest BCUT2D eigenvalue weighted by Gasteiger charge is -2.07. The summed E-state index contributed by atoms with van der Waals surface area (Å²) < 4.78 is 2.10. The van der Waals surface area contributed by atoms with Crippen molar-refractivity contribution in [3.05, 3.63) is 34.6 Å². The minimum Gasteiger partial charge on any atom is -0.383 e. The zero-order valence-electron chi connectivity index (χ0n) is 11.7. The Morgan fingerprint density at radius 2 is 2.05 bits per heavy atom. The number of halogens is 1. The molecule has 4 heteroatoms. The second-order valence-corrected chi connectivity index (χ2v) is 5.14. The lowest BCUT2D eigenvalue weighted by atomic mass is 10.1. The molecule has 0 aliphatic carbocycles. The third-order valence-corrected chi connectivity index (χ3v) is 3.70. The van der Waals surface area contributed by atoms with E-state index in [1.165, 1.54) is 0 Å². The molecule has 2 aromatic rings. The lowest BCUT2D eigenvalue weighted by molar-refractivity contribution is 0.650. The zero-order valence-corrected chi connectivity index (χ0v) is 12.5. The van der Waals surface area contributed by atoms with Crippen LogP contribution in [0, 0.1) is 6.92 Å². The molecule has 0 fully saturated rings. The van der Waals surface area contributed by atoms with Gasteiger partial charge in [0, 0.05) is 23.6 Å². The molecule has 0 aliphatic rings. The third-order valence-electron chi connectivity index (χ3n) is 3.29. The van der Waals surface area contributed by atoms with Crippen molar-refractivity contribution < 1.29 is 0 Å². The highest BCUT2D eigenvalue weighted by Gasteiger charge is 2.15. The van der Waals surface area contributed by atoms with E-state index >= 15 is 0 Å². The number of hydrogen-bond donors (Lipinski definition) is 1. The highest BCUT2D eigenvalue weighted by atomic mass is 35.5. The first-order valence-electron chi connectivity index (χ1n) is 6.69. The topological polar surface area (TPSA) is 43.8 Å². The minimum absolute atomic E-state index is 0.735. The third kappa shape index (κ3) is 2.61. The van der Waals surface area contributed by atoms with Crippen molar-refractivity contribution in [2.45, 2.75) is 40.2 Å². The number of rotatable bonds is 4. The molecular weight excluding hydrogens is 258 g/mol. The fourth-order valence-corrected chi connectivity index (χ4v) is 2.39. The van der Waals surface area contributed by atoms with Crippen LogP contribution >= 0.6 is 11.6 Å². The number of imidazole rings is 1. The summed E-state index contributed by atoms with van der Waals surface area (Å²) >= 11 is 6.18. The fourth-order valence-electron chi connectivity index (χ4n) is 2.21. The van der Waals surface area contributed by atoms with Gasteiger partial charge >= 0.3 is 0 Å². The van der Waals surface area contributed by atoms with Crippen LogP contribution in [0.4, 0.5) is 5.82 Å². The summed E-state index contributed by atoms with van der Waals surface area (Å²) in [4.78, 5) is 4.67. The zero-order chi connectivity index (χ0) is 14.0. The van der Waals surface area contributed by atoms with E-state index < -0.39 is 0 Å². The molecule has 1 heterocycles. The van der Waals surface area contributed by atoms with Gasteiger partial charge in [0.05, 0.1) is 0 Å². The van der Waals surface area contributed by atoms with E-state index in [4.69, 9.17) is 17.3 Å². The Morgan fingerprint density at radius 3 is 2.63 bits per heavy atom. The molecule has 0 saturated heterocycles. The summed E-state index contributed by atoms with van der Waals surface area (Å²) in [6, 6.07) is 5.96. The smallest absolute Gasteiger partial charge is 0.131 e. The highest BCUT2D eigenvalue weighted by Crippen LogP contribution is 2.30. The second kappa shape index (κ2) is 5.66. The van der Waals surface area contributed by atoms with Crippen molar-refractivity contribution in [2.75, 3.05) is 5.73 Å². The van der Waals surface area contributed by atoms with E-state index in [2.05, 4.69) is 23.4 Å². The molecule has 1 aromatic heterocycles. The quantitative estimate of drug-likeness (QED) is 0.916. The van der Waals surface area contributed by atoms with Crippen LogP contribution in [0.15, 0.2) is 18.2 Å². The Hall–Kier alpha value is -1.48.